The first-order valence-electron chi connectivity index (χ1n) is 7.94. The Morgan fingerprint density at radius 3 is 2.50 bits per heavy atom. The van der Waals surface area contributed by atoms with Crippen molar-refractivity contribution in [3.63, 3.8) is 0 Å². The van der Waals surface area contributed by atoms with Crippen molar-refractivity contribution in [2.75, 3.05) is 5.43 Å². The lowest BCUT2D eigenvalue weighted by Crippen LogP contribution is -2.12. The zero-order valence-corrected chi connectivity index (χ0v) is 15.8. The molecule has 3 N–H and O–H groups in total. The molecular weight excluding hydrogens is 403 g/mol. The summed E-state index contributed by atoms with van der Waals surface area (Å²) in [6, 6.07) is 1.70. The summed E-state index contributed by atoms with van der Waals surface area (Å²) in [6.45, 7) is 4.81. The third-order valence-electron chi connectivity index (χ3n) is 3.52. The third kappa shape index (κ3) is 4.69. The lowest BCUT2D eigenvalue weighted by Gasteiger charge is -2.12. The Balaban J connectivity index is 2.32. The normalized spacial score (nSPS) is 12.0. The molecule has 0 aliphatic carbocycles. The van der Waals surface area contributed by atoms with Gasteiger partial charge in [-0.25, -0.2) is 9.78 Å². The van der Waals surface area contributed by atoms with E-state index in [1.165, 1.54) is 13.0 Å². The van der Waals surface area contributed by atoms with Crippen LogP contribution in [-0.4, -0.2) is 31.9 Å². The summed E-state index contributed by atoms with van der Waals surface area (Å²) in [5.74, 6) is -1.74. The Hall–Kier alpha value is -2.88. The molecule has 0 unspecified atom stereocenters. The van der Waals surface area contributed by atoms with E-state index in [2.05, 4.69) is 10.4 Å². The number of pyridine rings is 1. The molecule has 0 amide bonds. The molecule has 0 fully saturated rings. The number of aromatic nitrogens is 2. The van der Waals surface area contributed by atoms with Gasteiger partial charge in [0.2, 0.25) is 11.8 Å². The van der Waals surface area contributed by atoms with Crippen LogP contribution in [-0.2, 0) is 15.7 Å². The molecule has 0 aliphatic heterocycles. The van der Waals surface area contributed by atoms with Crippen molar-refractivity contribution in [1.29, 1.82) is 0 Å². The van der Waals surface area contributed by atoms with Gasteiger partial charge in [0.15, 0.2) is 0 Å². The Bertz CT molecular complexity index is 923. The zero-order valence-electron chi connectivity index (χ0n) is 15.0. The summed E-state index contributed by atoms with van der Waals surface area (Å²) in [6.07, 6.45) is -2.69. The molecule has 28 heavy (non-hydrogen) atoms. The molecule has 0 aromatic carbocycles. The highest BCUT2D eigenvalue weighted by Crippen LogP contribution is 2.36. The number of nitrogens with zero attached hydrogens (tertiary/aromatic N) is 2. The van der Waals surface area contributed by atoms with Gasteiger partial charge >= 0.3 is 12.1 Å². The average Bonchev–Trinajstić information content (AvgIpc) is 2.75. The molecular formula is C17H17ClF3N3O4. The first-order valence-corrected chi connectivity index (χ1v) is 8.32. The predicted octanol–water partition coefficient (Wildman–Crippen LogP) is 4.11. The van der Waals surface area contributed by atoms with E-state index in [1.807, 2.05) is 0 Å². The lowest BCUT2D eigenvalue weighted by atomic mass is 10.2. The molecule has 0 saturated carbocycles. The second-order valence-electron chi connectivity index (χ2n) is 5.98. The summed E-state index contributed by atoms with van der Waals surface area (Å²) in [7, 11) is 0. The molecule has 0 atom stereocenters. The van der Waals surface area contributed by atoms with E-state index in [4.69, 9.17) is 16.3 Å². The molecule has 7 nitrogen and oxygen atoms in total. The van der Waals surface area contributed by atoms with Gasteiger partial charge in [0.25, 0.3) is 0 Å². The van der Waals surface area contributed by atoms with Crippen LogP contribution in [0.25, 0.3) is 6.08 Å². The fourth-order valence-electron chi connectivity index (χ4n) is 2.23. The Kier molecular flexibility index (Phi) is 6.13. The largest absolute Gasteiger partial charge is 0.493 e. The van der Waals surface area contributed by atoms with Gasteiger partial charge in [-0.2, -0.15) is 17.8 Å². The van der Waals surface area contributed by atoms with Crippen LogP contribution in [0.1, 0.15) is 30.5 Å². The standard InChI is InChI=1S/C17H17ClF3N3O4/c1-8(2)28-13(25)7-4-10-9(3)15(26)24(16(10)27)23-12-6-5-11(14(18)22-12)17(19,20)21/h4-8,26-27H,1-3H3,(H,22,23). The van der Waals surface area contributed by atoms with E-state index in [0.29, 0.717) is 6.07 Å². The minimum atomic E-state index is -4.67. The van der Waals surface area contributed by atoms with Gasteiger partial charge < -0.3 is 14.9 Å². The first kappa shape index (κ1) is 21.4. The van der Waals surface area contributed by atoms with Crippen molar-refractivity contribution in [1.82, 2.24) is 9.66 Å². The molecule has 152 valence electrons. The van der Waals surface area contributed by atoms with E-state index in [-0.39, 0.29) is 23.0 Å². The zero-order chi connectivity index (χ0) is 21.2. The average molecular weight is 420 g/mol. The van der Waals surface area contributed by atoms with Crippen LogP contribution < -0.4 is 5.43 Å². The van der Waals surface area contributed by atoms with Crippen LogP contribution in [0.15, 0.2) is 18.2 Å². The van der Waals surface area contributed by atoms with Gasteiger partial charge in [0.05, 0.1) is 11.7 Å². The molecule has 2 aromatic heterocycles. The Morgan fingerprint density at radius 1 is 1.32 bits per heavy atom. The minimum absolute atomic E-state index is 0.101. The Labute approximate surface area is 163 Å². The summed E-state index contributed by atoms with van der Waals surface area (Å²) >= 11 is 5.55. The van der Waals surface area contributed by atoms with Gasteiger partial charge in [0, 0.05) is 17.2 Å². The lowest BCUT2D eigenvalue weighted by molar-refractivity contribution is -0.141. The number of carbonyl (C=O) groups is 1. The van der Waals surface area contributed by atoms with Crippen LogP contribution in [0.4, 0.5) is 19.0 Å². The molecule has 0 bridgehead atoms. The van der Waals surface area contributed by atoms with Crippen LogP contribution in [0.2, 0.25) is 5.15 Å². The molecule has 2 heterocycles. The maximum atomic E-state index is 12.7. The fourth-order valence-corrected chi connectivity index (χ4v) is 2.49. The van der Waals surface area contributed by atoms with Crippen LogP contribution in [0.5, 0.6) is 11.8 Å². The number of aromatic hydroxyl groups is 2. The number of rotatable bonds is 5. The number of anilines is 1. The number of nitrogens with one attached hydrogen (secondary N) is 1. The molecule has 11 heteroatoms. The van der Waals surface area contributed by atoms with Gasteiger partial charge in [-0.15, -0.1) is 0 Å². The molecule has 2 rings (SSSR count). The fraction of sp³-hybridized carbons (Fsp3) is 0.294. The number of ether oxygens (including phenoxy) is 1. The SMILES string of the molecule is Cc1c(C=CC(=O)OC(C)C)c(O)n(Nc2ccc(C(F)(F)F)c(Cl)n2)c1O. The van der Waals surface area contributed by atoms with Crippen molar-refractivity contribution < 1.29 is 32.9 Å². The van der Waals surface area contributed by atoms with Crippen LogP contribution in [0.3, 0.4) is 0 Å². The number of alkyl halides is 3. The second kappa shape index (κ2) is 8.01. The first-order chi connectivity index (χ1) is 12.9. The minimum Gasteiger partial charge on any atom is -0.493 e. The summed E-state index contributed by atoms with van der Waals surface area (Å²) in [4.78, 5) is 15.2. The van der Waals surface area contributed by atoms with Crippen molar-refractivity contribution in [3.8, 4) is 11.8 Å². The summed E-state index contributed by atoms with van der Waals surface area (Å²) in [5, 5.41) is 19.7. The quantitative estimate of drug-likeness (QED) is 0.383. The highest BCUT2D eigenvalue weighted by Gasteiger charge is 2.34. The summed E-state index contributed by atoms with van der Waals surface area (Å²) < 4.78 is 44.0. The molecule has 0 spiro atoms. The predicted molar refractivity (Wildman–Crippen MR) is 96.0 cm³/mol. The smallest absolute Gasteiger partial charge is 0.419 e. The van der Waals surface area contributed by atoms with E-state index in [9.17, 15) is 28.2 Å². The van der Waals surface area contributed by atoms with Crippen molar-refractivity contribution in [2.45, 2.75) is 33.1 Å². The molecule has 0 radical (unpaired) electrons. The number of hydrogen-bond acceptors (Lipinski definition) is 6. The number of halogens is 4. The second-order valence-corrected chi connectivity index (χ2v) is 6.34. The van der Waals surface area contributed by atoms with E-state index in [1.54, 1.807) is 13.8 Å². The van der Waals surface area contributed by atoms with Crippen molar-refractivity contribution in [3.05, 3.63) is 40.1 Å². The maximum absolute atomic E-state index is 12.7. The highest BCUT2D eigenvalue weighted by molar-refractivity contribution is 6.30. The van der Waals surface area contributed by atoms with Gasteiger partial charge in [-0.05, 0) is 39.0 Å². The van der Waals surface area contributed by atoms with E-state index >= 15 is 0 Å². The number of carbonyl (C=O) groups excluding carboxylic acids is 1. The number of esters is 1. The van der Waals surface area contributed by atoms with Gasteiger partial charge in [-0.3, -0.25) is 5.43 Å². The van der Waals surface area contributed by atoms with Gasteiger partial charge in [0.1, 0.15) is 11.0 Å². The van der Waals surface area contributed by atoms with Crippen LogP contribution >= 0.6 is 11.6 Å². The highest BCUT2D eigenvalue weighted by atomic mass is 35.5. The van der Waals surface area contributed by atoms with E-state index in [0.717, 1.165) is 16.8 Å². The summed E-state index contributed by atoms with van der Waals surface area (Å²) in [5.41, 5.74) is 1.63. The maximum Gasteiger partial charge on any atom is 0.419 e. The molecule has 0 aliphatic rings. The van der Waals surface area contributed by atoms with Crippen molar-refractivity contribution >= 4 is 29.5 Å². The third-order valence-corrected chi connectivity index (χ3v) is 3.81. The van der Waals surface area contributed by atoms with E-state index < -0.39 is 34.6 Å². The Morgan fingerprint density at radius 2 is 1.96 bits per heavy atom. The van der Waals surface area contributed by atoms with Gasteiger partial charge in [-0.1, -0.05) is 11.6 Å². The van der Waals surface area contributed by atoms with Crippen LogP contribution in [0, 0.1) is 6.92 Å². The van der Waals surface area contributed by atoms with Crippen molar-refractivity contribution in [2.24, 2.45) is 0 Å². The molecule has 2 aromatic rings. The topological polar surface area (TPSA) is 96.6 Å². The molecule has 0 saturated heterocycles. The monoisotopic (exact) mass is 419 g/mol. The number of hydrogen-bond donors (Lipinski definition) is 3.